The fourth-order valence-corrected chi connectivity index (χ4v) is 4.16. The van der Waals surface area contributed by atoms with E-state index in [-0.39, 0.29) is 6.04 Å². The van der Waals surface area contributed by atoms with E-state index >= 15 is 0 Å². The van der Waals surface area contributed by atoms with Crippen molar-refractivity contribution in [1.29, 1.82) is 0 Å². The lowest BCUT2D eigenvalue weighted by atomic mass is 10.00. The second kappa shape index (κ2) is 6.98. The molecule has 0 aliphatic rings. The summed E-state index contributed by atoms with van der Waals surface area (Å²) in [5.74, 6) is 2.01. The van der Waals surface area contributed by atoms with E-state index in [1.54, 1.807) is 27.6 Å². The van der Waals surface area contributed by atoms with Gasteiger partial charge in [0.2, 0.25) is 4.96 Å². The molecule has 0 spiro atoms. The summed E-state index contributed by atoms with van der Waals surface area (Å²) >= 11 is 3.29. The van der Waals surface area contributed by atoms with Crippen LogP contribution in [-0.2, 0) is 5.75 Å². The Balaban J connectivity index is 1.77. The monoisotopic (exact) mass is 347 g/mol. The summed E-state index contributed by atoms with van der Waals surface area (Å²) in [6, 6.07) is 8.42. The fourth-order valence-electron chi connectivity index (χ4n) is 2.34. The maximum Gasteiger partial charge on any atom is 0.235 e. The van der Waals surface area contributed by atoms with Gasteiger partial charge in [0.25, 0.3) is 0 Å². The first kappa shape index (κ1) is 16.4. The highest BCUT2D eigenvalue weighted by Crippen LogP contribution is 2.29. The van der Waals surface area contributed by atoms with Crippen LogP contribution in [0, 0.1) is 12.8 Å². The average Bonchev–Trinajstić information content (AvgIpc) is 3.11. The largest absolute Gasteiger partial charge is 0.321 e. The highest BCUT2D eigenvalue weighted by Gasteiger charge is 2.21. The zero-order chi connectivity index (χ0) is 16.4. The molecule has 2 N–H and O–H groups in total. The van der Waals surface area contributed by atoms with Crippen LogP contribution in [-0.4, -0.2) is 19.8 Å². The molecule has 0 bridgehead atoms. The van der Waals surface area contributed by atoms with Crippen LogP contribution in [0.5, 0.6) is 0 Å². The van der Waals surface area contributed by atoms with Crippen molar-refractivity contribution in [2.24, 2.45) is 11.7 Å². The van der Waals surface area contributed by atoms with Crippen LogP contribution >= 0.6 is 23.1 Å². The minimum atomic E-state index is -0.133. The van der Waals surface area contributed by atoms with E-state index in [2.05, 4.69) is 60.3 Å². The molecular formula is C16H21N5S2. The molecule has 0 amide bonds. The molecule has 122 valence electrons. The second-order valence-corrected chi connectivity index (χ2v) is 7.99. The predicted molar refractivity (Wildman–Crippen MR) is 95.8 cm³/mol. The van der Waals surface area contributed by atoms with Crippen LogP contribution in [0.15, 0.2) is 28.6 Å². The summed E-state index contributed by atoms with van der Waals surface area (Å²) in [4.78, 5) is 0.811. The first-order chi connectivity index (χ1) is 11.1. The molecule has 2 heterocycles. The van der Waals surface area contributed by atoms with E-state index in [1.165, 1.54) is 11.1 Å². The lowest BCUT2D eigenvalue weighted by Crippen LogP contribution is -2.21. The zero-order valence-electron chi connectivity index (χ0n) is 13.6. The summed E-state index contributed by atoms with van der Waals surface area (Å²) in [5, 5.41) is 13.1. The summed E-state index contributed by atoms with van der Waals surface area (Å²) < 4.78 is 2.80. The van der Waals surface area contributed by atoms with Crippen molar-refractivity contribution >= 4 is 28.1 Å². The van der Waals surface area contributed by atoms with Gasteiger partial charge >= 0.3 is 0 Å². The Morgan fingerprint density at radius 1 is 1.35 bits per heavy atom. The van der Waals surface area contributed by atoms with Gasteiger partial charge in [-0.1, -0.05) is 73.2 Å². The smallest absolute Gasteiger partial charge is 0.235 e. The molecular weight excluding hydrogens is 326 g/mol. The molecule has 0 aliphatic heterocycles. The zero-order valence-corrected chi connectivity index (χ0v) is 15.2. The molecule has 5 nitrogen and oxygen atoms in total. The molecule has 0 saturated carbocycles. The first-order valence-corrected chi connectivity index (χ1v) is 9.54. The van der Waals surface area contributed by atoms with E-state index in [0.717, 1.165) is 27.3 Å². The summed E-state index contributed by atoms with van der Waals surface area (Å²) in [6.45, 7) is 6.37. The summed E-state index contributed by atoms with van der Waals surface area (Å²) in [6.07, 6.45) is 1.01. The number of hydrogen-bond donors (Lipinski definition) is 1. The van der Waals surface area contributed by atoms with Gasteiger partial charge < -0.3 is 5.73 Å². The third kappa shape index (κ3) is 3.57. The van der Waals surface area contributed by atoms with Gasteiger partial charge in [0.15, 0.2) is 10.2 Å². The van der Waals surface area contributed by atoms with E-state index < -0.39 is 0 Å². The highest BCUT2D eigenvalue weighted by molar-refractivity contribution is 8.00. The molecule has 23 heavy (non-hydrogen) atoms. The van der Waals surface area contributed by atoms with E-state index in [9.17, 15) is 0 Å². The Labute approximate surface area is 144 Å². The van der Waals surface area contributed by atoms with Gasteiger partial charge in [0, 0.05) is 5.75 Å². The minimum Gasteiger partial charge on any atom is -0.321 e. The normalized spacial score (nSPS) is 14.3. The highest BCUT2D eigenvalue weighted by atomic mass is 32.2. The molecule has 7 heteroatoms. The van der Waals surface area contributed by atoms with Crippen molar-refractivity contribution in [3.05, 3.63) is 41.2 Å². The van der Waals surface area contributed by atoms with Gasteiger partial charge in [-0.25, -0.2) is 0 Å². The van der Waals surface area contributed by atoms with Crippen LogP contribution in [0.2, 0.25) is 0 Å². The Morgan fingerprint density at radius 2 is 2.17 bits per heavy atom. The van der Waals surface area contributed by atoms with Crippen molar-refractivity contribution in [1.82, 2.24) is 19.8 Å². The topological polar surface area (TPSA) is 69.1 Å². The predicted octanol–water partition coefficient (Wildman–Crippen LogP) is 3.83. The molecule has 2 atom stereocenters. The van der Waals surface area contributed by atoms with Crippen molar-refractivity contribution in [2.45, 2.75) is 43.3 Å². The molecule has 2 aromatic heterocycles. The molecule has 3 aromatic rings. The van der Waals surface area contributed by atoms with E-state index in [1.807, 2.05) is 0 Å². The molecule has 3 rings (SSSR count). The third-order valence-electron chi connectivity index (χ3n) is 4.00. The summed E-state index contributed by atoms with van der Waals surface area (Å²) in [5.41, 5.74) is 8.87. The standard InChI is InChI=1S/C16H21N5S2/c1-4-11(3)13(17)14-18-19-15-21(14)20-16(23-15)22-9-12-7-5-6-10(2)8-12/h5-8,11,13H,4,9,17H2,1-3H3/t11-,13-/m0/s1. The molecule has 0 radical (unpaired) electrons. The van der Waals surface area contributed by atoms with Gasteiger partial charge in [0.1, 0.15) is 0 Å². The number of aromatic nitrogens is 4. The quantitative estimate of drug-likeness (QED) is 0.686. The number of nitrogens with two attached hydrogens (primary N) is 1. The molecule has 0 unspecified atom stereocenters. The Morgan fingerprint density at radius 3 is 2.91 bits per heavy atom. The van der Waals surface area contributed by atoms with Crippen LogP contribution in [0.25, 0.3) is 4.96 Å². The average molecular weight is 348 g/mol. The number of aryl methyl sites for hydroxylation is 1. The molecule has 0 aliphatic carbocycles. The van der Waals surface area contributed by atoms with Gasteiger partial charge in [-0.3, -0.25) is 0 Å². The van der Waals surface area contributed by atoms with Crippen LogP contribution in [0.4, 0.5) is 0 Å². The maximum atomic E-state index is 6.28. The minimum absolute atomic E-state index is 0.133. The second-order valence-electron chi connectivity index (χ2n) is 5.81. The Kier molecular flexibility index (Phi) is 4.99. The van der Waals surface area contributed by atoms with Gasteiger partial charge in [0.05, 0.1) is 6.04 Å². The number of thioether (sulfide) groups is 1. The number of fused-ring (bicyclic) bond motifs is 1. The maximum absolute atomic E-state index is 6.28. The van der Waals surface area contributed by atoms with Crippen molar-refractivity contribution in [2.75, 3.05) is 0 Å². The van der Waals surface area contributed by atoms with Crippen molar-refractivity contribution < 1.29 is 0 Å². The Hall–Kier alpha value is -1.44. The van der Waals surface area contributed by atoms with Crippen molar-refractivity contribution in [3.63, 3.8) is 0 Å². The van der Waals surface area contributed by atoms with Gasteiger partial charge in [-0.05, 0) is 18.4 Å². The first-order valence-electron chi connectivity index (χ1n) is 7.74. The van der Waals surface area contributed by atoms with Gasteiger partial charge in [-0.15, -0.1) is 15.3 Å². The van der Waals surface area contributed by atoms with E-state index in [4.69, 9.17) is 5.73 Å². The Bertz CT molecular complexity index is 795. The van der Waals surface area contributed by atoms with Gasteiger partial charge in [-0.2, -0.15) is 4.52 Å². The molecule has 1 aromatic carbocycles. The van der Waals surface area contributed by atoms with Crippen LogP contribution in [0.3, 0.4) is 0 Å². The fraction of sp³-hybridized carbons (Fsp3) is 0.438. The number of hydrogen-bond acceptors (Lipinski definition) is 6. The number of rotatable bonds is 6. The van der Waals surface area contributed by atoms with Crippen LogP contribution < -0.4 is 5.73 Å². The van der Waals surface area contributed by atoms with E-state index in [0.29, 0.717) is 5.92 Å². The number of nitrogens with zero attached hydrogens (tertiary/aromatic N) is 4. The lowest BCUT2D eigenvalue weighted by molar-refractivity contribution is 0.431. The summed E-state index contributed by atoms with van der Waals surface area (Å²) in [7, 11) is 0. The lowest BCUT2D eigenvalue weighted by Gasteiger charge is -2.15. The molecule has 0 saturated heterocycles. The number of benzene rings is 1. The van der Waals surface area contributed by atoms with Crippen LogP contribution in [0.1, 0.15) is 43.3 Å². The molecule has 0 fully saturated rings. The SMILES string of the molecule is CC[C@H](C)[C@H](N)c1nnc2sc(SCc3cccc(C)c3)nn12. The third-order valence-corrected chi connectivity index (χ3v) is 6.10. The van der Waals surface area contributed by atoms with Crippen molar-refractivity contribution in [3.8, 4) is 0 Å².